The Labute approximate surface area is 122 Å². The summed E-state index contributed by atoms with van der Waals surface area (Å²) in [5.74, 6) is 0.0734. The summed E-state index contributed by atoms with van der Waals surface area (Å²) in [6, 6.07) is 15.8. The van der Waals surface area contributed by atoms with E-state index in [1.165, 1.54) is 5.56 Å². The predicted octanol–water partition coefficient (Wildman–Crippen LogP) is 3.60. The minimum absolute atomic E-state index is 0.374. The van der Waals surface area contributed by atoms with Gasteiger partial charge in [-0.25, -0.2) is 4.79 Å². The smallest absolute Gasteiger partial charge is 0.335 e. The average Bonchev–Trinajstić information content (AvgIpc) is 2.88. The van der Waals surface area contributed by atoms with Crippen LogP contribution in [0.25, 0.3) is 0 Å². The molecular formula is C16H15NO2S. The molecule has 2 aromatic carbocycles. The number of benzene rings is 2. The molecule has 0 radical (unpaired) electrons. The summed E-state index contributed by atoms with van der Waals surface area (Å²) in [7, 11) is 0. The quantitative estimate of drug-likeness (QED) is 0.871. The van der Waals surface area contributed by atoms with E-state index < -0.39 is 5.97 Å². The molecule has 3 rings (SSSR count). The molecule has 2 aromatic rings. The van der Waals surface area contributed by atoms with Crippen molar-refractivity contribution >= 4 is 23.6 Å². The highest BCUT2D eigenvalue weighted by Gasteiger charge is 2.20. The predicted molar refractivity (Wildman–Crippen MR) is 82.2 cm³/mol. The highest BCUT2D eigenvalue weighted by molar-refractivity contribution is 7.99. The van der Waals surface area contributed by atoms with Crippen molar-refractivity contribution in [3.63, 3.8) is 0 Å². The Hall–Kier alpha value is -1.94. The minimum atomic E-state index is -0.858. The molecule has 102 valence electrons. The fraction of sp³-hybridized carbons (Fsp3) is 0.188. The summed E-state index contributed by atoms with van der Waals surface area (Å²) in [4.78, 5) is 11.0. The van der Waals surface area contributed by atoms with E-state index in [0.717, 1.165) is 30.0 Å². The summed E-state index contributed by atoms with van der Waals surface area (Å²) >= 11 is 1.78. The van der Waals surface area contributed by atoms with Gasteiger partial charge in [-0.2, -0.15) is 0 Å². The van der Waals surface area contributed by atoms with Gasteiger partial charge in [0.1, 0.15) is 0 Å². The first-order valence-corrected chi connectivity index (χ1v) is 7.49. The highest BCUT2D eigenvalue weighted by Crippen LogP contribution is 2.34. The molecule has 0 aromatic heterocycles. The zero-order valence-corrected chi connectivity index (χ0v) is 11.8. The number of rotatable bonds is 4. The summed E-state index contributed by atoms with van der Waals surface area (Å²) < 4.78 is 2.26. The molecule has 3 nitrogen and oxygen atoms in total. The van der Waals surface area contributed by atoms with Gasteiger partial charge in [-0.05, 0) is 47.7 Å². The number of carboxylic acid groups (broad SMARTS) is 1. The van der Waals surface area contributed by atoms with Crippen LogP contribution in [0.2, 0.25) is 0 Å². The number of anilines is 1. The lowest BCUT2D eigenvalue weighted by atomic mass is 10.1. The van der Waals surface area contributed by atoms with Crippen molar-refractivity contribution in [1.29, 1.82) is 0 Å². The topological polar surface area (TPSA) is 40.5 Å². The molecule has 20 heavy (non-hydrogen) atoms. The zero-order valence-electron chi connectivity index (χ0n) is 11.0. The van der Waals surface area contributed by atoms with E-state index in [9.17, 15) is 4.79 Å². The molecule has 0 unspecified atom stereocenters. The third kappa shape index (κ3) is 2.65. The number of fused-ring (bicyclic) bond motifs is 1. The molecule has 0 aliphatic carbocycles. The second-order valence-corrected chi connectivity index (χ2v) is 5.75. The Kier molecular flexibility index (Phi) is 3.65. The Bertz CT molecular complexity index is 628. The molecular weight excluding hydrogens is 270 g/mol. The van der Waals surface area contributed by atoms with Crippen LogP contribution in [-0.2, 0) is 12.2 Å². The van der Waals surface area contributed by atoms with E-state index >= 15 is 0 Å². The molecule has 0 fully saturated rings. The number of carbonyl (C=O) groups is 1. The zero-order chi connectivity index (χ0) is 13.9. The second kappa shape index (κ2) is 5.59. The van der Waals surface area contributed by atoms with Gasteiger partial charge in [0, 0.05) is 12.3 Å². The number of hydrogen-bond acceptors (Lipinski definition) is 3. The van der Waals surface area contributed by atoms with E-state index in [1.807, 2.05) is 24.3 Å². The van der Waals surface area contributed by atoms with Crippen molar-refractivity contribution in [2.45, 2.75) is 12.2 Å². The molecule has 0 atom stereocenters. The van der Waals surface area contributed by atoms with Crippen molar-refractivity contribution in [2.75, 3.05) is 10.8 Å². The fourth-order valence-corrected chi connectivity index (χ4v) is 3.40. The Morgan fingerprint density at radius 1 is 1.20 bits per heavy atom. The van der Waals surface area contributed by atoms with Crippen LogP contribution >= 0.6 is 11.9 Å². The molecule has 1 N–H and O–H groups in total. The standard InChI is InChI=1S/C16H15NO2S/c18-16(19)14-6-7-15-13(10-14)8-9-17(15)20-11-12-4-2-1-3-5-12/h1-7,10H,8-9,11H2,(H,18,19). The highest BCUT2D eigenvalue weighted by atomic mass is 32.2. The maximum atomic E-state index is 11.0. The molecule has 0 bridgehead atoms. The average molecular weight is 285 g/mol. The lowest BCUT2D eigenvalue weighted by Gasteiger charge is -2.17. The van der Waals surface area contributed by atoms with Gasteiger partial charge < -0.3 is 9.41 Å². The number of carboxylic acids is 1. The minimum Gasteiger partial charge on any atom is -0.478 e. The second-order valence-electron chi connectivity index (χ2n) is 4.76. The van der Waals surface area contributed by atoms with Gasteiger partial charge >= 0.3 is 5.97 Å². The van der Waals surface area contributed by atoms with Gasteiger partial charge in [-0.15, -0.1) is 0 Å². The lowest BCUT2D eigenvalue weighted by Crippen LogP contribution is -2.10. The lowest BCUT2D eigenvalue weighted by molar-refractivity contribution is 0.0697. The van der Waals surface area contributed by atoms with E-state index in [-0.39, 0.29) is 0 Å². The van der Waals surface area contributed by atoms with E-state index in [1.54, 1.807) is 24.1 Å². The van der Waals surface area contributed by atoms with Crippen LogP contribution in [0.15, 0.2) is 48.5 Å². The summed E-state index contributed by atoms with van der Waals surface area (Å²) in [6.45, 7) is 0.940. The van der Waals surface area contributed by atoms with Gasteiger partial charge in [0.25, 0.3) is 0 Å². The first kappa shape index (κ1) is 13.1. The molecule has 0 amide bonds. The maximum Gasteiger partial charge on any atom is 0.335 e. The normalized spacial score (nSPS) is 13.3. The SMILES string of the molecule is O=C(O)c1ccc2c(c1)CCN2SCc1ccccc1. The van der Waals surface area contributed by atoms with Crippen molar-refractivity contribution in [3.05, 3.63) is 65.2 Å². The molecule has 1 heterocycles. The molecule has 0 saturated heterocycles. The Balaban J connectivity index is 1.72. The van der Waals surface area contributed by atoms with Crippen molar-refractivity contribution < 1.29 is 9.90 Å². The van der Waals surface area contributed by atoms with E-state index in [0.29, 0.717) is 5.56 Å². The van der Waals surface area contributed by atoms with Crippen LogP contribution in [0.1, 0.15) is 21.5 Å². The van der Waals surface area contributed by atoms with Crippen molar-refractivity contribution in [1.82, 2.24) is 0 Å². The van der Waals surface area contributed by atoms with Crippen molar-refractivity contribution in [2.24, 2.45) is 0 Å². The largest absolute Gasteiger partial charge is 0.478 e. The number of nitrogens with zero attached hydrogens (tertiary/aromatic N) is 1. The monoisotopic (exact) mass is 285 g/mol. The molecule has 1 aliphatic rings. The van der Waals surface area contributed by atoms with Gasteiger partial charge in [-0.3, -0.25) is 0 Å². The first-order valence-electron chi connectivity index (χ1n) is 6.54. The van der Waals surface area contributed by atoms with Crippen LogP contribution in [0.3, 0.4) is 0 Å². The van der Waals surface area contributed by atoms with Crippen molar-refractivity contribution in [3.8, 4) is 0 Å². The maximum absolute atomic E-state index is 11.0. The van der Waals surface area contributed by atoms with E-state index in [2.05, 4.69) is 16.4 Å². The number of aromatic carboxylic acids is 1. The van der Waals surface area contributed by atoms with Gasteiger partial charge in [0.2, 0.25) is 0 Å². The van der Waals surface area contributed by atoms with E-state index in [4.69, 9.17) is 5.11 Å². The van der Waals surface area contributed by atoms with Crippen LogP contribution in [0.5, 0.6) is 0 Å². The van der Waals surface area contributed by atoms with Crippen LogP contribution in [0, 0.1) is 0 Å². The first-order chi connectivity index (χ1) is 9.74. The molecule has 0 saturated carbocycles. The fourth-order valence-electron chi connectivity index (χ4n) is 2.37. The third-order valence-electron chi connectivity index (χ3n) is 3.41. The van der Waals surface area contributed by atoms with Gasteiger partial charge in [0.05, 0.1) is 11.3 Å². The number of hydrogen-bond donors (Lipinski definition) is 1. The third-order valence-corrected chi connectivity index (χ3v) is 4.56. The Morgan fingerprint density at radius 3 is 2.75 bits per heavy atom. The van der Waals surface area contributed by atoms with Crippen LogP contribution < -0.4 is 4.31 Å². The summed E-state index contributed by atoms with van der Waals surface area (Å²) in [5, 5.41) is 9.02. The summed E-state index contributed by atoms with van der Waals surface area (Å²) in [5.41, 5.74) is 3.95. The van der Waals surface area contributed by atoms with Crippen LogP contribution in [0.4, 0.5) is 5.69 Å². The molecule has 4 heteroatoms. The molecule has 1 aliphatic heterocycles. The van der Waals surface area contributed by atoms with Gasteiger partial charge in [-0.1, -0.05) is 30.3 Å². The van der Waals surface area contributed by atoms with Crippen LogP contribution in [-0.4, -0.2) is 17.6 Å². The van der Waals surface area contributed by atoms with Gasteiger partial charge in [0.15, 0.2) is 0 Å². The Morgan fingerprint density at radius 2 is 2.00 bits per heavy atom. The molecule has 0 spiro atoms. The summed E-state index contributed by atoms with van der Waals surface area (Å²) in [6.07, 6.45) is 0.915.